The summed E-state index contributed by atoms with van der Waals surface area (Å²) in [6.07, 6.45) is -0.138. The molecular formula is C23H20N2O4. The van der Waals surface area contributed by atoms with Gasteiger partial charge in [-0.25, -0.2) is 5.48 Å². The number of carbonyl (C=O) groups excluding carboxylic acids is 2. The first-order valence-corrected chi connectivity index (χ1v) is 9.30. The molecule has 0 fully saturated rings. The van der Waals surface area contributed by atoms with Crippen molar-refractivity contribution in [2.75, 3.05) is 5.32 Å². The topological polar surface area (TPSA) is 76.7 Å². The number of carbonyl (C=O) groups is 2. The van der Waals surface area contributed by atoms with Crippen molar-refractivity contribution in [1.82, 2.24) is 5.48 Å². The Morgan fingerprint density at radius 1 is 0.966 bits per heavy atom. The Morgan fingerprint density at radius 2 is 1.66 bits per heavy atom. The zero-order chi connectivity index (χ0) is 20.1. The van der Waals surface area contributed by atoms with Crippen LogP contribution in [0.25, 0.3) is 0 Å². The van der Waals surface area contributed by atoms with Crippen LogP contribution < -0.4 is 15.5 Å². The Morgan fingerprint density at radius 3 is 2.38 bits per heavy atom. The number of fused-ring (bicyclic) bond motifs is 1. The molecule has 0 spiro atoms. The molecule has 0 aliphatic carbocycles. The van der Waals surface area contributed by atoms with E-state index in [-0.39, 0.29) is 12.5 Å². The summed E-state index contributed by atoms with van der Waals surface area (Å²) in [4.78, 5) is 30.0. The Kier molecular flexibility index (Phi) is 5.54. The SMILES string of the molecule is O=C(NOCc1ccccc1)c1ccc2c(c1)NC(=O)[C@H](Cc1ccccc1)O2. The summed E-state index contributed by atoms with van der Waals surface area (Å²) in [6.45, 7) is 0.262. The average molecular weight is 388 g/mol. The van der Waals surface area contributed by atoms with E-state index in [0.29, 0.717) is 23.4 Å². The van der Waals surface area contributed by atoms with Crippen molar-refractivity contribution in [1.29, 1.82) is 0 Å². The van der Waals surface area contributed by atoms with Gasteiger partial charge in [0.1, 0.15) is 5.75 Å². The van der Waals surface area contributed by atoms with Crippen LogP contribution in [0.4, 0.5) is 5.69 Å². The Bertz CT molecular complexity index is 1010. The van der Waals surface area contributed by atoms with Gasteiger partial charge in [0.25, 0.3) is 11.8 Å². The van der Waals surface area contributed by atoms with Crippen LogP contribution in [0.1, 0.15) is 21.5 Å². The van der Waals surface area contributed by atoms with E-state index >= 15 is 0 Å². The molecule has 1 heterocycles. The smallest absolute Gasteiger partial charge is 0.274 e. The van der Waals surface area contributed by atoms with Gasteiger partial charge in [0.05, 0.1) is 12.3 Å². The summed E-state index contributed by atoms with van der Waals surface area (Å²) >= 11 is 0. The van der Waals surface area contributed by atoms with Crippen molar-refractivity contribution in [3.63, 3.8) is 0 Å². The van der Waals surface area contributed by atoms with Gasteiger partial charge < -0.3 is 10.1 Å². The number of amides is 2. The maximum Gasteiger partial charge on any atom is 0.274 e. The summed E-state index contributed by atoms with van der Waals surface area (Å²) in [7, 11) is 0. The van der Waals surface area contributed by atoms with Gasteiger partial charge in [0, 0.05) is 12.0 Å². The lowest BCUT2D eigenvalue weighted by molar-refractivity contribution is -0.123. The number of hydroxylamine groups is 1. The van der Waals surface area contributed by atoms with Gasteiger partial charge >= 0.3 is 0 Å². The molecule has 0 unspecified atom stereocenters. The van der Waals surface area contributed by atoms with Crippen LogP contribution in [0.2, 0.25) is 0 Å². The maximum absolute atomic E-state index is 12.4. The standard InChI is InChI=1S/C23H20N2O4/c26-22(25-28-15-17-9-5-2-6-10-17)18-11-12-20-19(14-18)24-23(27)21(29-20)13-16-7-3-1-4-8-16/h1-12,14,21H,13,15H2,(H,24,27)(H,25,26)/t21-/m0/s1. The predicted molar refractivity (Wildman–Crippen MR) is 108 cm³/mol. The fourth-order valence-electron chi connectivity index (χ4n) is 3.07. The largest absolute Gasteiger partial charge is 0.478 e. The van der Waals surface area contributed by atoms with Gasteiger partial charge in [0.2, 0.25) is 0 Å². The van der Waals surface area contributed by atoms with Crippen LogP contribution in [-0.4, -0.2) is 17.9 Å². The van der Waals surface area contributed by atoms with E-state index in [9.17, 15) is 9.59 Å². The molecule has 6 heteroatoms. The molecule has 1 aliphatic rings. The lowest BCUT2D eigenvalue weighted by Crippen LogP contribution is -2.38. The van der Waals surface area contributed by atoms with Crippen LogP contribution in [-0.2, 0) is 22.7 Å². The Labute approximate surface area is 168 Å². The molecular weight excluding hydrogens is 368 g/mol. The monoisotopic (exact) mass is 388 g/mol. The third-order valence-corrected chi connectivity index (χ3v) is 4.57. The van der Waals surface area contributed by atoms with Gasteiger partial charge in [-0.3, -0.25) is 14.4 Å². The molecule has 6 nitrogen and oxygen atoms in total. The summed E-state index contributed by atoms with van der Waals surface area (Å²) in [6, 6.07) is 24.1. The van der Waals surface area contributed by atoms with E-state index < -0.39 is 12.0 Å². The summed E-state index contributed by atoms with van der Waals surface area (Å²) in [5.41, 5.74) is 5.21. The van der Waals surface area contributed by atoms with Crippen molar-refractivity contribution in [3.8, 4) is 5.75 Å². The summed E-state index contributed by atoms with van der Waals surface area (Å²) < 4.78 is 5.85. The first-order chi connectivity index (χ1) is 14.2. The molecule has 1 atom stereocenters. The molecule has 0 saturated heterocycles. The molecule has 0 radical (unpaired) electrons. The molecule has 0 saturated carbocycles. The maximum atomic E-state index is 12.4. The van der Waals surface area contributed by atoms with Crippen molar-refractivity contribution < 1.29 is 19.2 Å². The minimum absolute atomic E-state index is 0.237. The fourth-order valence-corrected chi connectivity index (χ4v) is 3.07. The average Bonchev–Trinajstić information content (AvgIpc) is 2.75. The molecule has 2 N–H and O–H groups in total. The van der Waals surface area contributed by atoms with Gasteiger partial charge in [-0.15, -0.1) is 0 Å². The normalized spacial score (nSPS) is 15.0. The predicted octanol–water partition coefficient (Wildman–Crippen LogP) is 3.49. The summed E-state index contributed by atoms with van der Waals surface area (Å²) in [5, 5.41) is 2.82. The molecule has 4 rings (SSSR count). The second-order valence-electron chi connectivity index (χ2n) is 6.70. The number of hydrogen-bond donors (Lipinski definition) is 2. The molecule has 0 bridgehead atoms. The molecule has 1 aliphatic heterocycles. The second kappa shape index (κ2) is 8.58. The van der Waals surface area contributed by atoms with Crippen molar-refractivity contribution in [2.45, 2.75) is 19.1 Å². The zero-order valence-corrected chi connectivity index (χ0v) is 15.6. The first kappa shape index (κ1) is 18.7. The van der Waals surface area contributed by atoms with E-state index in [1.54, 1.807) is 18.2 Å². The molecule has 3 aromatic rings. The first-order valence-electron chi connectivity index (χ1n) is 9.30. The van der Waals surface area contributed by atoms with E-state index in [4.69, 9.17) is 9.57 Å². The highest BCUT2D eigenvalue weighted by atomic mass is 16.6. The van der Waals surface area contributed by atoms with E-state index in [0.717, 1.165) is 11.1 Å². The molecule has 2 amide bonds. The van der Waals surface area contributed by atoms with Crippen LogP contribution in [0.15, 0.2) is 78.9 Å². The minimum atomic E-state index is -0.612. The highest BCUT2D eigenvalue weighted by molar-refractivity contribution is 6.01. The van der Waals surface area contributed by atoms with E-state index in [1.165, 1.54) is 0 Å². The van der Waals surface area contributed by atoms with Crippen molar-refractivity contribution in [2.24, 2.45) is 0 Å². The van der Waals surface area contributed by atoms with Gasteiger partial charge in [0.15, 0.2) is 6.10 Å². The van der Waals surface area contributed by atoms with Gasteiger partial charge in [-0.2, -0.15) is 0 Å². The van der Waals surface area contributed by atoms with Crippen LogP contribution >= 0.6 is 0 Å². The molecule has 29 heavy (non-hydrogen) atoms. The van der Waals surface area contributed by atoms with Crippen molar-refractivity contribution >= 4 is 17.5 Å². The van der Waals surface area contributed by atoms with Gasteiger partial charge in [-0.05, 0) is 29.3 Å². The highest BCUT2D eigenvalue weighted by Crippen LogP contribution is 2.31. The van der Waals surface area contributed by atoms with E-state index in [1.807, 2.05) is 60.7 Å². The number of anilines is 1. The fraction of sp³-hybridized carbons (Fsp3) is 0.130. The van der Waals surface area contributed by atoms with Crippen LogP contribution in [0, 0.1) is 0 Å². The quantitative estimate of drug-likeness (QED) is 0.634. The number of rotatable bonds is 6. The lowest BCUT2D eigenvalue weighted by Gasteiger charge is -2.26. The Balaban J connectivity index is 1.38. The number of ether oxygens (including phenoxy) is 1. The van der Waals surface area contributed by atoms with Crippen LogP contribution in [0.5, 0.6) is 5.75 Å². The molecule has 0 aromatic heterocycles. The highest BCUT2D eigenvalue weighted by Gasteiger charge is 2.28. The number of hydrogen-bond acceptors (Lipinski definition) is 4. The molecule has 3 aromatic carbocycles. The Hall–Kier alpha value is -3.64. The second-order valence-corrected chi connectivity index (χ2v) is 6.70. The third-order valence-electron chi connectivity index (χ3n) is 4.57. The molecule has 146 valence electrons. The van der Waals surface area contributed by atoms with Crippen LogP contribution in [0.3, 0.4) is 0 Å². The minimum Gasteiger partial charge on any atom is -0.478 e. The van der Waals surface area contributed by atoms with Crippen molar-refractivity contribution in [3.05, 3.63) is 95.6 Å². The summed E-state index contributed by atoms with van der Waals surface area (Å²) in [5.74, 6) is -0.101. The lowest BCUT2D eigenvalue weighted by atomic mass is 10.1. The third kappa shape index (κ3) is 4.62. The van der Waals surface area contributed by atoms with Gasteiger partial charge in [-0.1, -0.05) is 60.7 Å². The number of benzene rings is 3. The van der Waals surface area contributed by atoms with E-state index in [2.05, 4.69) is 10.8 Å². The zero-order valence-electron chi connectivity index (χ0n) is 15.6. The number of nitrogens with one attached hydrogen (secondary N) is 2.